The van der Waals surface area contributed by atoms with Crippen molar-refractivity contribution < 1.29 is 18.3 Å². The van der Waals surface area contributed by atoms with E-state index in [1.807, 2.05) is 12.1 Å². The number of carbonyl (C=O) groups excluding carboxylic acids is 1. The van der Waals surface area contributed by atoms with E-state index in [1.54, 1.807) is 12.1 Å². The maximum absolute atomic E-state index is 14.2. The minimum atomic E-state index is -0.798. The molecule has 0 amide bonds. The Hall–Kier alpha value is -2.20. The second kappa shape index (κ2) is 6.13. The Balaban J connectivity index is 2.15. The van der Waals surface area contributed by atoms with E-state index in [-0.39, 0.29) is 10.6 Å². The number of hydrogen-bond donors (Lipinski definition) is 0. The fraction of sp³-hybridized carbons (Fsp3) is 0.167. The molecule has 1 aliphatic carbocycles. The largest absolute Gasteiger partial charge is 0.465 e. The standard InChI is InChI=1S/C18H13ClF2O2/c1-23-18(22)11-6-5-10-3-2-4-12(13(10)7-11)14-8-15(19)17(21)9-16(14)20/h4-9H,2-3H2,1H3. The maximum Gasteiger partial charge on any atom is 0.337 e. The lowest BCUT2D eigenvalue weighted by Gasteiger charge is -2.19. The van der Waals surface area contributed by atoms with Gasteiger partial charge in [-0.05, 0) is 47.7 Å². The molecule has 0 aromatic heterocycles. The van der Waals surface area contributed by atoms with Crippen molar-refractivity contribution in [2.75, 3.05) is 7.11 Å². The summed E-state index contributed by atoms with van der Waals surface area (Å²) < 4.78 is 32.3. The number of carbonyl (C=O) groups is 1. The molecule has 5 heteroatoms. The zero-order chi connectivity index (χ0) is 16.6. The first-order valence-corrected chi connectivity index (χ1v) is 7.45. The zero-order valence-corrected chi connectivity index (χ0v) is 13.1. The molecule has 0 unspecified atom stereocenters. The SMILES string of the molecule is COC(=O)c1ccc2c(c1)C(c1cc(Cl)c(F)cc1F)=CCC2. The number of methoxy groups -OCH3 is 1. The highest BCUT2D eigenvalue weighted by Gasteiger charge is 2.20. The van der Waals surface area contributed by atoms with Crippen LogP contribution >= 0.6 is 11.6 Å². The quantitative estimate of drug-likeness (QED) is 0.583. The number of benzene rings is 2. The van der Waals surface area contributed by atoms with Gasteiger partial charge in [0, 0.05) is 11.6 Å². The summed E-state index contributed by atoms with van der Waals surface area (Å²) in [5.41, 5.74) is 2.94. The number of aryl methyl sites for hydroxylation is 1. The van der Waals surface area contributed by atoms with Gasteiger partial charge in [0.25, 0.3) is 0 Å². The van der Waals surface area contributed by atoms with Gasteiger partial charge in [0.15, 0.2) is 0 Å². The molecule has 0 spiro atoms. The monoisotopic (exact) mass is 334 g/mol. The first-order valence-electron chi connectivity index (χ1n) is 7.08. The number of esters is 1. The van der Waals surface area contributed by atoms with E-state index in [0.29, 0.717) is 11.1 Å². The molecule has 0 bridgehead atoms. The van der Waals surface area contributed by atoms with Crippen molar-refractivity contribution in [1.29, 1.82) is 0 Å². The van der Waals surface area contributed by atoms with Crippen LogP contribution in [0.25, 0.3) is 5.57 Å². The Morgan fingerprint density at radius 1 is 1.13 bits per heavy atom. The molecule has 0 N–H and O–H groups in total. The molecule has 2 nitrogen and oxygen atoms in total. The van der Waals surface area contributed by atoms with Gasteiger partial charge in [-0.15, -0.1) is 0 Å². The third kappa shape index (κ3) is 2.86. The molecule has 0 heterocycles. The van der Waals surface area contributed by atoms with Crippen LogP contribution in [-0.2, 0) is 11.2 Å². The molecule has 0 fully saturated rings. The van der Waals surface area contributed by atoms with Crippen molar-refractivity contribution in [1.82, 2.24) is 0 Å². The molecule has 0 radical (unpaired) electrons. The highest BCUT2D eigenvalue weighted by Crippen LogP contribution is 2.35. The lowest BCUT2D eigenvalue weighted by Crippen LogP contribution is -2.07. The summed E-state index contributed by atoms with van der Waals surface area (Å²) in [5, 5.41) is -0.140. The number of hydrogen-bond acceptors (Lipinski definition) is 2. The van der Waals surface area contributed by atoms with E-state index < -0.39 is 17.6 Å². The Labute approximate surface area is 137 Å². The van der Waals surface area contributed by atoms with Crippen molar-refractivity contribution in [3.63, 3.8) is 0 Å². The fourth-order valence-corrected chi connectivity index (χ4v) is 2.92. The molecular weight excluding hydrogens is 322 g/mol. The normalized spacial score (nSPS) is 13.3. The average Bonchev–Trinajstić information content (AvgIpc) is 2.56. The summed E-state index contributed by atoms with van der Waals surface area (Å²) in [6.45, 7) is 0. The second-order valence-corrected chi connectivity index (χ2v) is 5.67. The van der Waals surface area contributed by atoms with Crippen LogP contribution in [0.15, 0.2) is 36.4 Å². The molecule has 2 aromatic rings. The molecule has 3 rings (SSSR count). The van der Waals surface area contributed by atoms with Crippen LogP contribution in [0.2, 0.25) is 5.02 Å². The van der Waals surface area contributed by atoms with E-state index in [9.17, 15) is 13.6 Å². The van der Waals surface area contributed by atoms with Gasteiger partial charge in [0.1, 0.15) is 11.6 Å². The first-order chi connectivity index (χ1) is 11.0. The minimum Gasteiger partial charge on any atom is -0.465 e. The minimum absolute atomic E-state index is 0.140. The number of allylic oxidation sites excluding steroid dienone is 1. The summed E-state index contributed by atoms with van der Waals surface area (Å²) in [7, 11) is 1.30. The Morgan fingerprint density at radius 3 is 2.65 bits per heavy atom. The van der Waals surface area contributed by atoms with Crippen LogP contribution in [0, 0.1) is 11.6 Å². The summed E-state index contributed by atoms with van der Waals surface area (Å²) in [6, 6.07) is 7.23. The van der Waals surface area contributed by atoms with E-state index in [2.05, 4.69) is 0 Å². The van der Waals surface area contributed by atoms with Crippen molar-refractivity contribution >= 4 is 23.1 Å². The third-order valence-corrected chi connectivity index (χ3v) is 4.17. The molecule has 23 heavy (non-hydrogen) atoms. The molecule has 0 aliphatic heterocycles. The van der Waals surface area contributed by atoms with Crippen LogP contribution in [0.1, 0.15) is 33.5 Å². The van der Waals surface area contributed by atoms with Crippen molar-refractivity contribution in [2.45, 2.75) is 12.8 Å². The first kappa shape index (κ1) is 15.7. The highest BCUT2D eigenvalue weighted by molar-refractivity contribution is 6.31. The lowest BCUT2D eigenvalue weighted by atomic mass is 9.85. The van der Waals surface area contributed by atoms with Gasteiger partial charge >= 0.3 is 5.97 Å². The van der Waals surface area contributed by atoms with E-state index >= 15 is 0 Å². The molecular formula is C18H13ClF2O2. The summed E-state index contributed by atoms with van der Waals surface area (Å²) >= 11 is 5.79. The maximum atomic E-state index is 14.2. The van der Waals surface area contributed by atoms with Gasteiger partial charge in [-0.2, -0.15) is 0 Å². The van der Waals surface area contributed by atoms with Crippen LogP contribution in [-0.4, -0.2) is 13.1 Å². The van der Waals surface area contributed by atoms with Gasteiger partial charge in [-0.25, -0.2) is 13.6 Å². The number of ether oxygens (including phenoxy) is 1. The van der Waals surface area contributed by atoms with E-state index in [4.69, 9.17) is 16.3 Å². The molecule has 0 atom stereocenters. The number of fused-ring (bicyclic) bond motifs is 1. The molecule has 2 aromatic carbocycles. The van der Waals surface area contributed by atoms with Crippen LogP contribution in [0.5, 0.6) is 0 Å². The Morgan fingerprint density at radius 2 is 1.91 bits per heavy atom. The second-order valence-electron chi connectivity index (χ2n) is 5.27. The lowest BCUT2D eigenvalue weighted by molar-refractivity contribution is 0.0600. The van der Waals surface area contributed by atoms with Crippen LogP contribution in [0.3, 0.4) is 0 Å². The molecule has 1 aliphatic rings. The zero-order valence-electron chi connectivity index (χ0n) is 12.3. The van der Waals surface area contributed by atoms with Crippen LogP contribution in [0.4, 0.5) is 8.78 Å². The van der Waals surface area contributed by atoms with Gasteiger partial charge in [0.05, 0.1) is 17.7 Å². The summed E-state index contributed by atoms with van der Waals surface area (Å²) in [6.07, 6.45) is 3.39. The molecule has 118 valence electrons. The van der Waals surface area contributed by atoms with E-state index in [1.165, 1.54) is 13.2 Å². The average molecular weight is 335 g/mol. The third-order valence-electron chi connectivity index (χ3n) is 3.88. The Bertz CT molecular complexity index is 828. The van der Waals surface area contributed by atoms with Crippen molar-refractivity contribution in [2.24, 2.45) is 0 Å². The van der Waals surface area contributed by atoms with Crippen molar-refractivity contribution in [3.8, 4) is 0 Å². The van der Waals surface area contributed by atoms with Crippen molar-refractivity contribution in [3.05, 3.63) is 75.3 Å². The van der Waals surface area contributed by atoms with Gasteiger partial charge in [0.2, 0.25) is 0 Å². The highest BCUT2D eigenvalue weighted by atomic mass is 35.5. The number of halogens is 3. The Kier molecular flexibility index (Phi) is 4.18. The molecule has 0 saturated carbocycles. The topological polar surface area (TPSA) is 26.3 Å². The van der Waals surface area contributed by atoms with Gasteiger partial charge < -0.3 is 4.74 Å². The number of rotatable bonds is 2. The predicted molar refractivity (Wildman–Crippen MR) is 84.5 cm³/mol. The van der Waals surface area contributed by atoms with Gasteiger partial charge in [-0.3, -0.25) is 0 Å². The fourth-order valence-electron chi connectivity index (χ4n) is 2.76. The van der Waals surface area contributed by atoms with E-state index in [0.717, 1.165) is 30.0 Å². The van der Waals surface area contributed by atoms with Gasteiger partial charge in [-0.1, -0.05) is 23.7 Å². The predicted octanol–water partition coefficient (Wildman–Crippen LogP) is 4.78. The molecule has 0 saturated heterocycles. The van der Waals surface area contributed by atoms with Crippen LogP contribution < -0.4 is 0 Å². The summed E-state index contributed by atoms with van der Waals surface area (Å²) in [5.74, 6) is -1.95. The smallest absolute Gasteiger partial charge is 0.337 e. The summed E-state index contributed by atoms with van der Waals surface area (Å²) in [4.78, 5) is 11.7.